The topological polar surface area (TPSA) is 21.3 Å². The van der Waals surface area contributed by atoms with Crippen molar-refractivity contribution in [3.05, 3.63) is 12.2 Å². The maximum absolute atomic E-state index is 4.87. The molecule has 10 heavy (non-hydrogen) atoms. The fraction of sp³-hybridized carbons (Fsp3) is 0.750. The Morgan fingerprint density at radius 1 is 1.60 bits per heavy atom. The molecule has 0 saturated heterocycles. The molecular formula is C8H17NO. The van der Waals surface area contributed by atoms with E-state index in [2.05, 4.69) is 18.8 Å². The zero-order chi connectivity index (χ0) is 7.82. The van der Waals surface area contributed by atoms with Gasteiger partial charge in [0.15, 0.2) is 0 Å². The highest BCUT2D eigenvalue weighted by Gasteiger charge is 1.88. The molecule has 0 aliphatic rings. The van der Waals surface area contributed by atoms with Crippen LogP contribution in [-0.2, 0) is 4.74 Å². The lowest BCUT2D eigenvalue weighted by Gasteiger charge is -2.03. The van der Waals surface area contributed by atoms with Crippen molar-refractivity contribution in [2.75, 3.05) is 26.8 Å². The second-order valence-corrected chi connectivity index (χ2v) is 2.27. The maximum Gasteiger partial charge on any atom is 0.0587 e. The fourth-order valence-corrected chi connectivity index (χ4v) is 0.564. The smallest absolute Gasteiger partial charge is 0.0587 e. The highest BCUT2D eigenvalue weighted by Crippen LogP contribution is 1.91. The van der Waals surface area contributed by atoms with E-state index in [0.29, 0.717) is 0 Å². The van der Waals surface area contributed by atoms with E-state index >= 15 is 0 Å². The van der Waals surface area contributed by atoms with Crippen LogP contribution in [0.25, 0.3) is 0 Å². The van der Waals surface area contributed by atoms with E-state index in [-0.39, 0.29) is 0 Å². The molecule has 0 aromatic carbocycles. The molecule has 0 saturated carbocycles. The molecule has 0 aliphatic carbocycles. The third-order valence-corrected chi connectivity index (χ3v) is 1.36. The predicted molar refractivity (Wildman–Crippen MR) is 44.2 cm³/mol. The van der Waals surface area contributed by atoms with Crippen LogP contribution in [0, 0.1) is 0 Å². The zero-order valence-corrected chi connectivity index (χ0v) is 6.94. The first-order chi connectivity index (χ1) is 4.81. The Balaban J connectivity index is 2.96. The van der Waals surface area contributed by atoms with E-state index in [1.54, 1.807) is 7.11 Å². The van der Waals surface area contributed by atoms with Gasteiger partial charge in [-0.15, -0.1) is 0 Å². The van der Waals surface area contributed by atoms with Crippen LogP contribution >= 0.6 is 0 Å². The molecule has 60 valence electrons. The molecule has 1 N–H and O–H groups in total. The molecule has 0 atom stereocenters. The first kappa shape index (κ1) is 9.66. The number of nitrogens with one attached hydrogen (secondary N) is 1. The number of methoxy groups -OCH3 is 1. The molecule has 0 bridgehead atoms. The average molecular weight is 143 g/mol. The minimum atomic E-state index is 0.775. The molecule has 2 heteroatoms. The van der Waals surface area contributed by atoms with Crippen molar-refractivity contribution < 1.29 is 4.74 Å². The summed E-state index contributed by atoms with van der Waals surface area (Å²) >= 11 is 0. The van der Waals surface area contributed by atoms with Crippen molar-refractivity contribution in [2.45, 2.75) is 13.3 Å². The summed E-state index contributed by atoms with van der Waals surface area (Å²) in [5.41, 5.74) is 1.25. The van der Waals surface area contributed by atoms with Crippen molar-refractivity contribution in [3.63, 3.8) is 0 Å². The largest absolute Gasteiger partial charge is 0.383 e. The van der Waals surface area contributed by atoms with Crippen LogP contribution < -0.4 is 5.32 Å². The Morgan fingerprint density at radius 2 is 2.30 bits per heavy atom. The fourth-order valence-electron chi connectivity index (χ4n) is 0.564. The van der Waals surface area contributed by atoms with Crippen molar-refractivity contribution in [1.82, 2.24) is 5.32 Å². The lowest BCUT2D eigenvalue weighted by atomic mass is 10.2. The molecule has 0 spiro atoms. The normalized spacial score (nSPS) is 9.80. The van der Waals surface area contributed by atoms with Gasteiger partial charge in [-0.05, 0) is 6.42 Å². The highest BCUT2D eigenvalue weighted by atomic mass is 16.5. The number of hydrogen-bond donors (Lipinski definition) is 1. The molecule has 0 radical (unpaired) electrons. The van der Waals surface area contributed by atoms with Gasteiger partial charge in [-0.3, -0.25) is 0 Å². The van der Waals surface area contributed by atoms with Crippen molar-refractivity contribution in [3.8, 4) is 0 Å². The van der Waals surface area contributed by atoms with Crippen LogP contribution in [0.2, 0.25) is 0 Å². The Hall–Kier alpha value is -0.340. The molecule has 0 aromatic rings. The first-order valence-electron chi connectivity index (χ1n) is 3.67. The molecule has 0 aromatic heterocycles. The number of ether oxygens (including phenoxy) is 1. The van der Waals surface area contributed by atoms with E-state index in [4.69, 9.17) is 4.74 Å². The minimum Gasteiger partial charge on any atom is -0.383 e. The molecule has 0 aliphatic heterocycles. The standard InChI is InChI=1S/C8H17NO/c1-4-8(2)7-9-5-6-10-3/h9H,2,4-7H2,1,3H3. The lowest BCUT2D eigenvalue weighted by molar-refractivity contribution is 0.200. The van der Waals surface area contributed by atoms with Crippen LogP contribution in [-0.4, -0.2) is 26.8 Å². The molecule has 2 nitrogen and oxygen atoms in total. The monoisotopic (exact) mass is 143 g/mol. The molecule has 0 amide bonds. The Morgan fingerprint density at radius 3 is 2.80 bits per heavy atom. The number of hydrogen-bond acceptors (Lipinski definition) is 2. The highest BCUT2D eigenvalue weighted by molar-refractivity contribution is 4.94. The maximum atomic E-state index is 4.87. The van der Waals surface area contributed by atoms with E-state index in [1.165, 1.54) is 5.57 Å². The molecular weight excluding hydrogens is 126 g/mol. The predicted octanol–water partition coefficient (Wildman–Crippen LogP) is 1.19. The van der Waals surface area contributed by atoms with Crippen LogP contribution in [0.3, 0.4) is 0 Å². The van der Waals surface area contributed by atoms with E-state index in [1.807, 2.05) is 0 Å². The SMILES string of the molecule is C=C(CC)CNCCOC. The van der Waals surface area contributed by atoms with Crippen LogP contribution in [0.15, 0.2) is 12.2 Å². The Labute approximate surface area is 63.3 Å². The summed E-state index contributed by atoms with van der Waals surface area (Å²) in [5.74, 6) is 0. The van der Waals surface area contributed by atoms with Crippen LogP contribution in [0.4, 0.5) is 0 Å². The van der Waals surface area contributed by atoms with Gasteiger partial charge in [-0.1, -0.05) is 19.1 Å². The summed E-state index contributed by atoms with van der Waals surface area (Å²) in [5, 5.41) is 3.21. The molecule has 0 fully saturated rings. The van der Waals surface area contributed by atoms with Crippen molar-refractivity contribution in [2.24, 2.45) is 0 Å². The summed E-state index contributed by atoms with van der Waals surface area (Å²) in [6.45, 7) is 8.58. The van der Waals surface area contributed by atoms with Gasteiger partial charge in [0.05, 0.1) is 6.61 Å². The second-order valence-electron chi connectivity index (χ2n) is 2.27. The van der Waals surface area contributed by atoms with Crippen LogP contribution in [0.5, 0.6) is 0 Å². The molecule has 0 heterocycles. The number of rotatable bonds is 6. The van der Waals surface area contributed by atoms with Gasteiger partial charge in [-0.2, -0.15) is 0 Å². The third kappa shape index (κ3) is 5.79. The lowest BCUT2D eigenvalue weighted by Crippen LogP contribution is -2.21. The van der Waals surface area contributed by atoms with Gasteiger partial charge in [0.1, 0.15) is 0 Å². The average Bonchev–Trinajstić information content (AvgIpc) is 1.98. The zero-order valence-electron chi connectivity index (χ0n) is 6.94. The van der Waals surface area contributed by atoms with Crippen LogP contribution in [0.1, 0.15) is 13.3 Å². The Kier molecular flexibility index (Phi) is 6.55. The first-order valence-corrected chi connectivity index (χ1v) is 3.67. The van der Waals surface area contributed by atoms with Gasteiger partial charge in [-0.25, -0.2) is 0 Å². The van der Waals surface area contributed by atoms with Gasteiger partial charge < -0.3 is 10.1 Å². The van der Waals surface area contributed by atoms with E-state index in [0.717, 1.165) is 26.1 Å². The summed E-state index contributed by atoms with van der Waals surface area (Å²) in [6.07, 6.45) is 1.06. The minimum absolute atomic E-state index is 0.775. The van der Waals surface area contributed by atoms with Gasteiger partial charge >= 0.3 is 0 Å². The van der Waals surface area contributed by atoms with Crippen molar-refractivity contribution >= 4 is 0 Å². The molecule has 0 rings (SSSR count). The summed E-state index contributed by atoms with van der Waals surface area (Å²) in [7, 11) is 1.70. The van der Waals surface area contributed by atoms with Crippen molar-refractivity contribution in [1.29, 1.82) is 0 Å². The van der Waals surface area contributed by atoms with Gasteiger partial charge in [0, 0.05) is 20.2 Å². The third-order valence-electron chi connectivity index (χ3n) is 1.36. The second kappa shape index (κ2) is 6.78. The van der Waals surface area contributed by atoms with Gasteiger partial charge in [0.25, 0.3) is 0 Å². The summed E-state index contributed by atoms with van der Waals surface area (Å²) < 4.78 is 4.87. The van der Waals surface area contributed by atoms with Gasteiger partial charge in [0.2, 0.25) is 0 Å². The molecule has 0 unspecified atom stereocenters. The Bertz CT molecular complexity index is 91.3. The summed E-state index contributed by atoms with van der Waals surface area (Å²) in [4.78, 5) is 0. The quantitative estimate of drug-likeness (QED) is 0.445. The summed E-state index contributed by atoms with van der Waals surface area (Å²) in [6, 6.07) is 0. The van der Waals surface area contributed by atoms with E-state index in [9.17, 15) is 0 Å². The van der Waals surface area contributed by atoms with E-state index < -0.39 is 0 Å².